The fourth-order valence-corrected chi connectivity index (χ4v) is 4.50. The molecule has 2 aromatic rings. The number of hydrogen-bond acceptors (Lipinski definition) is 3. The van der Waals surface area contributed by atoms with E-state index in [-0.39, 0.29) is 25.4 Å². The van der Waals surface area contributed by atoms with Gasteiger partial charge in [-0.25, -0.2) is 0 Å². The van der Waals surface area contributed by atoms with Gasteiger partial charge in [-0.05, 0) is 42.6 Å². The van der Waals surface area contributed by atoms with Crippen LogP contribution in [0.3, 0.4) is 0 Å². The maximum atomic E-state index is 14.1. The van der Waals surface area contributed by atoms with Crippen LogP contribution in [0.5, 0.6) is 0 Å². The lowest BCUT2D eigenvalue weighted by molar-refractivity contribution is -0.215. The highest BCUT2D eigenvalue weighted by atomic mass is 19.4. The Bertz CT molecular complexity index is 980. The molecular formula is C24H26F3N3O2. The highest BCUT2D eigenvalue weighted by Gasteiger charge is 2.62. The molecule has 0 saturated carbocycles. The number of carbonyl (C=O) groups excluding carboxylic acids is 2. The van der Waals surface area contributed by atoms with Gasteiger partial charge in [0.25, 0.3) is 0 Å². The van der Waals surface area contributed by atoms with Crippen LogP contribution in [-0.4, -0.2) is 47.4 Å². The zero-order valence-electron chi connectivity index (χ0n) is 17.7. The number of nitrogens with zero attached hydrogens (tertiary/aromatic N) is 2. The molecule has 5 nitrogen and oxygen atoms in total. The molecule has 2 saturated heterocycles. The van der Waals surface area contributed by atoms with Crippen molar-refractivity contribution in [3.63, 3.8) is 0 Å². The van der Waals surface area contributed by atoms with Crippen LogP contribution >= 0.6 is 0 Å². The summed E-state index contributed by atoms with van der Waals surface area (Å²) in [6.07, 6.45) is -3.62. The molecule has 2 fully saturated rings. The van der Waals surface area contributed by atoms with Crippen molar-refractivity contribution in [3.05, 3.63) is 65.7 Å². The third-order valence-corrected chi connectivity index (χ3v) is 6.30. The Morgan fingerprint density at radius 1 is 1.00 bits per heavy atom. The molecule has 2 aliphatic heterocycles. The van der Waals surface area contributed by atoms with Gasteiger partial charge in [-0.15, -0.1) is 0 Å². The number of anilines is 1. The molecule has 4 rings (SSSR count). The Morgan fingerprint density at radius 2 is 1.75 bits per heavy atom. The second kappa shape index (κ2) is 8.94. The third kappa shape index (κ3) is 4.65. The van der Waals surface area contributed by atoms with E-state index in [1.54, 1.807) is 34.1 Å². The molecule has 8 heteroatoms. The first-order chi connectivity index (χ1) is 15.3. The van der Waals surface area contributed by atoms with Crippen molar-refractivity contribution in [3.8, 4) is 0 Å². The van der Waals surface area contributed by atoms with Crippen molar-refractivity contribution in [2.75, 3.05) is 25.0 Å². The van der Waals surface area contributed by atoms with Crippen molar-refractivity contribution in [2.24, 2.45) is 5.41 Å². The van der Waals surface area contributed by atoms with Gasteiger partial charge in [-0.2, -0.15) is 13.2 Å². The average molecular weight is 445 g/mol. The van der Waals surface area contributed by atoms with Gasteiger partial charge in [0.2, 0.25) is 11.8 Å². The first kappa shape index (κ1) is 22.3. The molecule has 1 N–H and O–H groups in total. The molecule has 1 atom stereocenters. The molecule has 170 valence electrons. The Balaban J connectivity index is 1.47. The summed E-state index contributed by atoms with van der Waals surface area (Å²) in [5, 5.41) is 2.50. The molecule has 1 unspecified atom stereocenters. The van der Waals surface area contributed by atoms with Crippen LogP contribution in [0, 0.1) is 5.41 Å². The van der Waals surface area contributed by atoms with Crippen LogP contribution in [0.4, 0.5) is 18.9 Å². The molecular weight excluding hydrogens is 419 g/mol. The standard InChI is InChI=1S/C24H26F3N3O2/c25-24(26,27)23(11-13-29(17-23)15-18-6-2-1-3-7-18)22(32)28-20-9-4-8-19(14-20)16-30-12-5-10-21(30)31/h1-4,6-9,14H,5,10-13,15-17H2,(H,28,32). The summed E-state index contributed by atoms with van der Waals surface area (Å²) in [5.74, 6) is -0.963. The smallest absolute Gasteiger partial charge is 0.338 e. The van der Waals surface area contributed by atoms with E-state index < -0.39 is 17.5 Å². The van der Waals surface area contributed by atoms with Gasteiger partial charge in [0.05, 0.1) is 0 Å². The van der Waals surface area contributed by atoms with Gasteiger partial charge in [-0.3, -0.25) is 14.5 Å². The topological polar surface area (TPSA) is 52.7 Å². The Labute approximate surface area is 185 Å². The van der Waals surface area contributed by atoms with Gasteiger partial charge in [0, 0.05) is 38.3 Å². The molecule has 32 heavy (non-hydrogen) atoms. The number of hydrogen-bond donors (Lipinski definition) is 1. The Hall–Kier alpha value is -2.87. The summed E-state index contributed by atoms with van der Waals surface area (Å²) < 4.78 is 42.4. The lowest BCUT2D eigenvalue weighted by atomic mass is 9.85. The lowest BCUT2D eigenvalue weighted by Crippen LogP contribution is -2.49. The number of carbonyl (C=O) groups is 2. The van der Waals surface area contributed by atoms with Gasteiger partial charge in [0.1, 0.15) is 0 Å². The van der Waals surface area contributed by atoms with Crippen molar-refractivity contribution in [1.82, 2.24) is 9.80 Å². The summed E-state index contributed by atoms with van der Waals surface area (Å²) in [4.78, 5) is 28.2. The number of benzene rings is 2. The number of rotatable bonds is 6. The molecule has 0 aromatic heterocycles. The minimum absolute atomic E-state index is 0.0694. The second-order valence-corrected chi connectivity index (χ2v) is 8.60. The fraction of sp³-hybridized carbons (Fsp3) is 0.417. The molecule has 2 heterocycles. The van der Waals surface area contributed by atoms with Crippen molar-refractivity contribution >= 4 is 17.5 Å². The molecule has 0 radical (unpaired) electrons. The SMILES string of the molecule is O=C1CCCN1Cc1cccc(NC(=O)C2(C(F)(F)F)CCN(Cc3ccccc3)C2)c1. The van der Waals surface area contributed by atoms with Crippen LogP contribution in [0.1, 0.15) is 30.4 Å². The summed E-state index contributed by atoms with van der Waals surface area (Å²) >= 11 is 0. The van der Waals surface area contributed by atoms with Gasteiger partial charge in [-0.1, -0.05) is 42.5 Å². The predicted octanol–water partition coefficient (Wildman–Crippen LogP) is 4.20. The van der Waals surface area contributed by atoms with Crippen LogP contribution in [0.25, 0.3) is 0 Å². The van der Waals surface area contributed by atoms with Crippen LogP contribution in [0.15, 0.2) is 54.6 Å². The van der Waals surface area contributed by atoms with Gasteiger partial charge < -0.3 is 10.2 Å². The largest absolute Gasteiger partial charge is 0.404 e. The quantitative estimate of drug-likeness (QED) is 0.725. The van der Waals surface area contributed by atoms with Crippen LogP contribution in [0.2, 0.25) is 0 Å². The summed E-state index contributed by atoms with van der Waals surface area (Å²) in [7, 11) is 0. The van der Waals surface area contributed by atoms with E-state index in [1.807, 2.05) is 30.3 Å². The third-order valence-electron chi connectivity index (χ3n) is 6.30. The summed E-state index contributed by atoms with van der Waals surface area (Å²) in [6.45, 7) is 1.24. The first-order valence-corrected chi connectivity index (χ1v) is 10.8. The molecule has 0 aliphatic carbocycles. The van der Waals surface area contributed by atoms with Crippen LogP contribution in [-0.2, 0) is 22.7 Å². The normalized spacial score (nSPS) is 21.8. The zero-order chi connectivity index (χ0) is 22.8. The molecule has 0 spiro atoms. The van der Waals surface area contributed by atoms with E-state index in [0.717, 1.165) is 17.5 Å². The van der Waals surface area contributed by atoms with Crippen molar-refractivity contribution in [1.29, 1.82) is 0 Å². The number of halogens is 3. The molecule has 2 aromatic carbocycles. The molecule has 2 amide bonds. The average Bonchev–Trinajstić information content (AvgIpc) is 3.36. The fourth-order valence-electron chi connectivity index (χ4n) is 4.50. The van der Waals surface area contributed by atoms with E-state index in [9.17, 15) is 22.8 Å². The monoisotopic (exact) mass is 445 g/mol. The van der Waals surface area contributed by atoms with Crippen molar-refractivity contribution < 1.29 is 22.8 Å². The van der Waals surface area contributed by atoms with E-state index in [1.165, 1.54) is 0 Å². The highest BCUT2D eigenvalue weighted by Crippen LogP contribution is 2.46. The summed E-state index contributed by atoms with van der Waals surface area (Å²) in [6, 6.07) is 16.0. The lowest BCUT2D eigenvalue weighted by Gasteiger charge is -2.30. The zero-order valence-corrected chi connectivity index (χ0v) is 17.7. The Morgan fingerprint density at radius 3 is 2.44 bits per heavy atom. The maximum absolute atomic E-state index is 14.1. The van der Waals surface area contributed by atoms with Gasteiger partial charge >= 0.3 is 6.18 Å². The minimum atomic E-state index is -4.66. The van der Waals surface area contributed by atoms with Crippen LogP contribution < -0.4 is 5.32 Å². The van der Waals surface area contributed by atoms with E-state index in [4.69, 9.17) is 0 Å². The maximum Gasteiger partial charge on any atom is 0.404 e. The molecule has 2 aliphatic rings. The predicted molar refractivity (Wildman–Crippen MR) is 115 cm³/mol. The van der Waals surface area contributed by atoms with E-state index >= 15 is 0 Å². The van der Waals surface area contributed by atoms with E-state index in [2.05, 4.69) is 5.32 Å². The number of nitrogens with one attached hydrogen (secondary N) is 1. The van der Waals surface area contributed by atoms with Gasteiger partial charge in [0.15, 0.2) is 5.41 Å². The number of amides is 2. The summed E-state index contributed by atoms with van der Waals surface area (Å²) in [5.41, 5.74) is -0.460. The number of likely N-dealkylation sites (tertiary alicyclic amines) is 2. The number of alkyl halides is 3. The first-order valence-electron chi connectivity index (χ1n) is 10.8. The second-order valence-electron chi connectivity index (χ2n) is 8.60. The molecule has 0 bridgehead atoms. The highest BCUT2D eigenvalue weighted by molar-refractivity contribution is 5.96. The minimum Gasteiger partial charge on any atom is -0.338 e. The Kier molecular flexibility index (Phi) is 6.24. The van der Waals surface area contributed by atoms with E-state index in [0.29, 0.717) is 31.7 Å². The van der Waals surface area contributed by atoms with Crippen molar-refractivity contribution in [2.45, 2.75) is 38.5 Å².